The molecule has 2 heterocycles. The summed E-state index contributed by atoms with van der Waals surface area (Å²) in [6.45, 7) is 9.39. The van der Waals surface area contributed by atoms with Crippen LogP contribution in [0.2, 0.25) is 5.02 Å². The Morgan fingerprint density at radius 3 is 1.32 bits per heavy atom. The Hall–Kier alpha value is -13.8. The molecule has 2 aliphatic heterocycles. The Labute approximate surface area is 669 Å². The zero-order valence-corrected chi connectivity index (χ0v) is 64.3. The van der Waals surface area contributed by atoms with Crippen molar-refractivity contribution in [1.29, 1.82) is 0 Å². The van der Waals surface area contributed by atoms with E-state index in [0.717, 1.165) is 90.6 Å². The van der Waals surface area contributed by atoms with E-state index in [1.54, 1.807) is 0 Å². The summed E-state index contributed by atoms with van der Waals surface area (Å²) in [7, 11) is 0. The molecule has 0 saturated carbocycles. The number of hydrogen-bond donors (Lipinski definition) is 0. The van der Waals surface area contributed by atoms with Gasteiger partial charge in [-0.15, -0.1) is 0 Å². The molecule has 2 aliphatic carbocycles. The quantitative estimate of drug-likeness (QED) is 0.113. The minimum Gasteiger partial charge on any atom is -0.458 e. The van der Waals surface area contributed by atoms with Gasteiger partial charge in [0.15, 0.2) is 0 Å². The molecule has 0 bridgehead atoms. The van der Waals surface area contributed by atoms with E-state index in [1.807, 2.05) is 12.1 Å². The average Bonchev–Trinajstić information content (AvgIpc) is 1.05. The first-order valence-electron chi connectivity index (χ1n) is 39.2. The topological polar surface area (TPSA) is 31.4 Å². The molecule has 0 spiro atoms. The van der Waals surface area contributed by atoms with E-state index < -0.39 is 0 Å². The molecule has 6 nitrogen and oxygen atoms in total. The third kappa shape index (κ3) is 11.4. The lowest BCUT2D eigenvalue weighted by Crippen LogP contribution is -2.59. The molecule has 8 heteroatoms. The minimum absolute atomic E-state index is 0.00946. The number of ether oxygens (including phenoxy) is 2. The van der Waals surface area contributed by atoms with Crippen LogP contribution in [-0.2, 0) is 10.8 Å². The molecule has 0 atom stereocenters. The van der Waals surface area contributed by atoms with Gasteiger partial charge >= 0.3 is 0 Å². The molecule has 22 rings (SSSR count). The monoisotopic (exact) mass is 1480 g/mol. The zero-order valence-electron chi connectivity index (χ0n) is 63.5. The fourth-order valence-electron chi connectivity index (χ4n) is 18.5. The Balaban J connectivity index is 0.000000143. The molecule has 0 fully saturated rings. The highest BCUT2D eigenvalue weighted by molar-refractivity contribution is 7.00. The van der Waals surface area contributed by atoms with Crippen molar-refractivity contribution in [3.63, 3.8) is 0 Å². The van der Waals surface area contributed by atoms with Gasteiger partial charge in [-0.05, 0) is 262 Å². The summed E-state index contributed by atoms with van der Waals surface area (Å²) in [6.07, 6.45) is 0. The normalized spacial score (nSPS) is 13.3. The maximum absolute atomic E-state index is 7.41. The highest BCUT2D eigenvalue weighted by atomic mass is 35.5. The van der Waals surface area contributed by atoms with Gasteiger partial charge in [0.05, 0.1) is 5.69 Å². The summed E-state index contributed by atoms with van der Waals surface area (Å²) in [5.41, 5.74) is 26.6. The van der Waals surface area contributed by atoms with Crippen molar-refractivity contribution in [3.8, 4) is 45.3 Å². The molecular formula is C106H76BClN4O2. The van der Waals surface area contributed by atoms with Gasteiger partial charge in [0.25, 0.3) is 6.71 Å². The number of rotatable bonds is 12. The molecular weight excluding hydrogens is 1410 g/mol. The fourth-order valence-corrected chi connectivity index (χ4v) is 18.7. The van der Waals surface area contributed by atoms with E-state index in [4.69, 9.17) is 21.1 Å². The Bertz CT molecular complexity index is 6710. The average molecular weight is 1480 g/mol. The van der Waals surface area contributed by atoms with Gasteiger partial charge in [0.2, 0.25) is 0 Å². The lowest BCUT2D eigenvalue weighted by Gasteiger charge is -2.41. The first-order chi connectivity index (χ1) is 55.9. The van der Waals surface area contributed by atoms with Crippen LogP contribution in [0.3, 0.4) is 0 Å². The molecule has 18 aromatic carbocycles. The predicted octanol–water partition coefficient (Wildman–Crippen LogP) is 27.9. The smallest absolute Gasteiger partial charge is 0.257 e. The largest absolute Gasteiger partial charge is 0.458 e. The van der Waals surface area contributed by atoms with Crippen molar-refractivity contribution in [2.45, 2.75) is 38.5 Å². The van der Waals surface area contributed by atoms with E-state index in [2.05, 4.69) is 423 Å². The second-order valence-electron chi connectivity index (χ2n) is 31.3. The van der Waals surface area contributed by atoms with Gasteiger partial charge in [-0.1, -0.05) is 270 Å². The van der Waals surface area contributed by atoms with Crippen LogP contribution in [0.5, 0.6) is 23.0 Å². The molecule has 0 unspecified atom stereocenters. The van der Waals surface area contributed by atoms with Crippen molar-refractivity contribution < 1.29 is 9.47 Å². The van der Waals surface area contributed by atoms with Crippen LogP contribution in [0.4, 0.5) is 68.2 Å². The first-order valence-corrected chi connectivity index (χ1v) is 39.6. The number of benzene rings is 18. The summed E-state index contributed by atoms with van der Waals surface area (Å²) in [4.78, 5) is 9.36. The second kappa shape index (κ2) is 27.3. The van der Waals surface area contributed by atoms with Crippen LogP contribution in [0, 0.1) is 0 Å². The minimum atomic E-state index is -0.248. The summed E-state index contributed by atoms with van der Waals surface area (Å²) < 4.78 is 13.8. The molecule has 114 heavy (non-hydrogen) atoms. The number of nitrogens with zero attached hydrogens (tertiary/aromatic N) is 4. The predicted molar refractivity (Wildman–Crippen MR) is 479 cm³/mol. The van der Waals surface area contributed by atoms with E-state index in [1.165, 1.54) is 98.9 Å². The SMILES string of the molecule is CC1(C)c2cc(N(c3ccccc3)c3ccccc3)ccc2-c2cc3c(cc21)B1c2c(cccc2N(c2ccc4ccccc4c2)c2ccc4ccccc4c21)O3.CC1(C)c2ccc(Oc3cccc(N(c4ccc5ccccc5c4)c4ccc5ccccc5c4)c3Cl)cc2-c2ccc(N(c3ccccc3)c3ccccc3)cc21. The molecule has 0 N–H and O–H groups in total. The maximum Gasteiger partial charge on any atom is 0.257 e. The van der Waals surface area contributed by atoms with E-state index in [0.29, 0.717) is 10.8 Å². The van der Waals surface area contributed by atoms with Crippen molar-refractivity contribution in [3.05, 3.63) is 416 Å². The van der Waals surface area contributed by atoms with Crippen LogP contribution < -0.4 is 45.5 Å². The highest BCUT2D eigenvalue weighted by Crippen LogP contribution is 2.56. The summed E-state index contributed by atoms with van der Waals surface area (Å²) in [5.74, 6) is 3.18. The number of hydrogen-bond acceptors (Lipinski definition) is 6. The van der Waals surface area contributed by atoms with E-state index in [9.17, 15) is 0 Å². The standard InChI is InChI=1S/C53H37BN2O.C53H39ClN2O/c1-53(2)44-31-40(55(37-17-5-3-6-18-37)38-19-7-4-8-20-38)27-28-42(44)43-32-50-46(33-45(43)53)54-51-41-21-12-11-15-35(41)25-29-48(51)56(47-22-13-23-49(57-50)52(47)54)39-26-24-34-14-9-10-16-36(34)30-39;1-53(2)48-31-29-45(35-47(48)46-30-28-44(34-49(46)53)55(40-18-5-3-6-19-40)41-20-7-4-8-21-41)57-51-23-13-22-50(52(51)54)56(42-26-24-36-14-9-11-16-38(36)32-42)43-27-25-37-15-10-12-17-39(37)33-43/h3-33H,1-2H3;3-35H,1-2H3. The Kier molecular flexibility index (Phi) is 16.3. The second-order valence-corrected chi connectivity index (χ2v) is 31.6. The molecule has 0 radical (unpaired) electrons. The Morgan fingerprint density at radius 1 is 0.307 bits per heavy atom. The molecule has 0 aromatic heterocycles. The van der Waals surface area contributed by atoms with Gasteiger partial charge in [-0.25, -0.2) is 0 Å². The molecule has 0 amide bonds. The third-order valence-corrected chi connectivity index (χ3v) is 24.3. The fraction of sp³-hybridized carbons (Fsp3) is 0.0566. The number of anilines is 12. The van der Waals surface area contributed by atoms with Gasteiger partial charge in [-0.3, -0.25) is 0 Å². The van der Waals surface area contributed by atoms with Crippen molar-refractivity contribution in [2.24, 2.45) is 0 Å². The third-order valence-electron chi connectivity index (χ3n) is 24.0. The number of fused-ring (bicyclic) bond motifs is 15. The van der Waals surface area contributed by atoms with Crippen LogP contribution in [0.25, 0.3) is 65.3 Å². The molecule has 542 valence electrons. The first kappa shape index (κ1) is 68.2. The van der Waals surface area contributed by atoms with E-state index in [-0.39, 0.29) is 17.5 Å². The van der Waals surface area contributed by atoms with E-state index >= 15 is 0 Å². The van der Waals surface area contributed by atoms with Crippen LogP contribution in [0.1, 0.15) is 49.9 Å². The Morgan fingerprint density at radius 2 is 0.754 bits per heavy atom. The summed E-state index contributed by atoms with van der Waals surface area (Å²) in [5, 5.41) is 10.2. The van der Waals surface area contributed by atoms with Crippen molar-refractivity contribution in [1.82, 2.24) is 0 Å². The molecule has 4 aliphatic rings. The van der Waals surface area contributed by atoms with Gasteiger partial charge < -0.3 is 29.1 Å². The van der Waals surface area contributed by atoms with Crippen molar-refractivity contribution >= 4 is 146 Å². The van der Waals surface area contributed by atoms with Gasteiger partial charge in [0, 0.05) is 73.4 Å². The molecule has 0 saturated heterocycles. The maximum atomic E-state index is 7.41. The zero-order chi connectivity index (χ0) is 76.3. The highest BCUT2D eigenvalue weighted by Gasteiger charge is 2.46. The lowest BCUT2D eigenvalue weighted by molar-refractivity contribution is 0.483. The summed E-state index contributed by atoms with van der Waals surface area (Å²) in [6, 6.07) is 139. The van der Waals surface area contributed by atoms with Crippen LogP contribution >= 0.6 is 11.6 Å². The number of halogens is 1. The van der Waals surface area contributed by atoms with Gasteiger partial charge in [-0.2, -0.15) is 0 Å². The van der Waals surface area contributed by atoms with Crippen LogP contribution in [-0.4, -0.2) is 6.71 Å². The lowest BCUT2D eigenvalue weighted by atomic mass is 9.33. The summed E-state index contributed by atoms with van der Waals surface area (Å²) >= 11 is 7.41. The van der Waals surface area contributed by atoms with Crippen LogP contribution in [0.15, 0.2) is 388 Å². The molecule has 18 aromatic rings. The van der Waals surface area contributed by atoms with Gasteiger partial charge in [0.1, 0.15) is 28.0 Å². The van der Waals surface area contributed by atoms with Crippen molar-refractivity contribution in [2.75, 3.05) is 19.6 Å². The number of para-hydroxylation sites is 4.